The highest BCUT2D eigenvalue weighted by Gasteiger charge is 2.15. The molecule has 0 aromatic heterocycles. The molecule has 0 aliphatic carbocycles. The van der Waals surface area contributed by atoms with Gasteiger partial charge in [-0.15, -0.1) is 0 Å². The van der Waals surface area contributed by atoms with Gasteiger partial charge in [-0.3, -0.25) is 0 Å². The molecule has 0 radical (unpaired) electrons. The molecular formula is C11H15FO4S. The van der Waals surface area contributed by atoms with Gasteiger partial charge in [0.1, 0.15) is 21.4 Å². The van der Waals surface area contributed by atoms with Crippen LogP contribution in [0.5, 0.6) is 5.75 Å². The summed E-state index contributed by atoms with van der Waals surface area (Å²) in [6.07, 6.45) is -0.0812. The van der Waals surface area contributed by atoms with E-state index in [-0.39, 0.29) is 17.7 Å². The van der Waals surface area contributed by atoms with Crippen LogP contribution in [-0.2, 0) is 9.84 Å². The molecule has 1 N–H and O–H groups in total. The van der Waals surface area contributed by atoms with E-state index in [4.69, 9.17) is 4.74 Å². The van der Waals surface area contributed by atoms with Crippen LogP contribution in [0.15, 0.2) is 18.2 Å². The molecule has 0 amide bonds. The Labute approximate surface area is 100.0 Å². The lowest BCUT2D eigenvalue weighted by Gasteiger charge is -2.12. The van der Waals surface area contributed by atoms with Crippen LogP contribution in [0.1, 0.15) is 18.1 Å². The number of aliphatic hydroxyl groups excluding tert-OH is 1. The van der Waals surface area contributed by atoms with E-state index in [2.05, 4.69) is 0 Å². The van der Waals surface area contributed by atoms with Crippen LogP contribution in [0.2, 0.25) is 0 Å². The van der Waals surface area contributed by atoms with Crippen molar-refractivity contribution in [2.45, 2.75) is 12.5 Å². The van der Waals surface area contributed by atoms with Gasteiger partial charge in [0.15, 0.2) is 0 Å². The summed E-state index contributed by atoms with van der Waals surface area (Å²) < 4.78 is 40.2. The lowest BCUT2D eigenvalue weighted by molar-refractivity contribution is 0.169. The zero-order valence-corrected chi connectivity index (χ0v) is 10.5. The third-order valence-corrected chi connectivity index (χ3v) is 3.31. The van der Waals surface area contributed by atoms with Gasteiger partial charge < -0.3 is 9.84 Å². The molecule has 17 heavy (non-hydrogen) atoms. The van der Waals surface area contributed by atoms with E-state index in [0.29, 0.717) is 5.75 Å². The Hall–Kier alpha value is -1.14. The fourth-order valence-electron chi connectivity index (χ4n) is 1.39. The molecule has 96 valence electrons. The third-order valence-electron chi connectivity index (χ3n) is 2.33. The number of hydrogen-bond donors (Lipinski definition) is 1. The SMILES string of the molecule is COc1ccc(C(O)CCS(C)(=O)=O)c(F)c1. The molecule has 1 atom stereocenters. The molecule has 0 fully saturated rings. The van der Waals surface area contributed by atoms with Crippen LogP contribution >= 0.6 is 0 Å². The van der Waals surface area contributed by atoms with Crippen LogP contribution in [0, 0.1) is 5.82 Å². The monoisotopic (exact) mass is 262 g/mol. The van der Waals surface area contributed by atoms with Crippen molar-refractivity contribution < 1.29 is 22.7 Å². The fraction of sp³-hybridized carbons (Fsp3) is 0.455. The Morgan fingerprint density at radius 2 is 2.12 bits per heavy atom. The predicted octanol–water partition coefficient (Wildman–Crippen LogP) is 1.30. The van der Waals surface area contributed by atoms with Crippen molar-refractivity contribution >= 4 is 9.84 Å². The summed E-state index contributed by atoms with van der Waals surface area (Å²) in [5, 5.41) is 9.68. The number of benzene rings is 1. The van der Waals surface area contributed by atoms with E-state index in [1.54, 1.807) is 0 Å². The van der Waals surface area contributed by atoms with Gasteiger partial charge >= 0.3 is 0 Å². The molecule has 1 rings (SSSR count). The molecule has 1 aromatic rings. The molecule has 0 saturated heterocycles. The van der Waals surface area contributed by atoms with Crippen molar-refractivity contribution in [3.8, 4) is 5.75 Å². The molecule has 1 unspecified atom stereocenters. The first-order valence-electron chi connectivity index (χ1n) is 5.02. The minimum absolute atomic E-state index is 0.0257. The Bertz CT molecular complexity index is 484. The van der Waals surface area contributed by atoms with Crippen LogP contribution in [0.25, 0.3) is 0 Å². The summed E-state index contributed by atoms with van der Waals surface area (Å²) in [5.41, 5.74) is 0.0782. The van der Waals surface area contributed by atoms with E-state index >= 15 is 0 Å². The highest BCUT2D eigenvalue weighted by Crippen LogP contribution is 2.24. The highest BCUT2D eigenvalue weighted by atomic mass is 32.2. The molecule has 0 aliphatic heterocycles. The van der Waals surface area contributed by atoms with Crippen molar-refractivity contribution in [3.05, 3.63) is 29.6 Å². The van der Waals surface area contributed by atoms with Gasteiger partial charge in [-0.1, -0.05) is 0 Å². The van der Waals surface area contributed by atoms with E-state index < -0.39 is 21.8 Å². The Morgan fingerprint density at radius 3 is 2.59 bits per heavy atom. The molecule has 0 saturated carbocycles. The van der Waals surface area contributed by atoms with E-state index in [0.717, 1.165) is 12.3 Å². The molecule has 6 heteroatoms. The minimum atomic E-state index is -3.16. The largest absolute Gasteiger partial charge is 0.497 e. The molecule has 0 spiro atoms. The summed E-state index contributed by atoms with van der Waals surface area (Å²) in [6, 6.07) is 4.06. The number of ether oxygens (including phenoxy) is 1. The fourth-order valence-corrected chi connectivity index (χ4v) is 2.04. The molecule has 1 aromatic carbocycles. The van der Waals surface area contributed by atoms with Crippen LogP contribution in [0.3, 0.4) is 0 Å². The summed E-state index contributed by atoms with van der Waals surface area (Å²) in [6.45, 7) is 0. The second-order valence-corrected chi connectivity index (χ2v) is 6.08. The van der Waals surface area contributed by atoms with E-state index in [1.807, 2.05) is 0 Å². The minimum Gasteiger partial charge on any atom is -0.497 e. The smallest absolute Gasteiger partial charge is 0.147 e. The summed E-state index contributed by atoms with van der Waals surface area (Å²) in [5.74, 6) is -0.438. The first kappa shape index (κ1) is 13.9. The Kier molecular flexibility index (Phi) is 4.47. The number of halogens is 1. The maximum Gasteiger partial charge on any atom is 0.147 e. The maximum atomic E-state index is 13.5. The molecular weight excluding hydrogens is 247 g/mol. The zero-order valence-electron chi connectivity index (χ0n) is 9.68. The second-order valence-electron chi connectivity index (χ2n) is 3.82. The van der Waals surface area contributed by atoms with Crippen molar-refractivity contribution in [1.29, 1.82) is 0 Å². The van der Waals surface area contributed by atoms with Gasteiger partial charge in [0.25, 0.3) is 0 Å². The van der Waals surface area contributed by atoms with Crippen LogP contribution in [-0.4, -0.2) is 32.6 Å². The van der Waals surface area contributed by atoms with E-state index in [1.165, 1.54) is 19.2 Å². The van der Waals surface area contributed by atoms with Gasteiger partial charge in [-0.25, -0.2) is 12.8 Å². The van der Waals surface area contributed by atoms with Gasteiger partial charge in [-0.2, -0.15) is 0 Å². The summed E-state index contributed by atoms with van der Waals surface area (Å²) in [7, 11) is -1.75. The predicted molar refractivity (Wildman–Crippen MR) is 62.2 cm³/mol. The average molecular weight is 262 g/mol. The zero-order chi connectivity index (χ0) is 13.1. The van der Waals surface area contributed by atoms with Crippen molar-refractivity contribution in [2.75, 3.05) is 19.1 Å². The lowest BCUT2D eigenvalue weighted by atomic mass is 10.1. The molecule has 0 aliphatic rings. The van der Waals surface area contributed by atoms with Gasteiger partial charge in [-0.05, 0) is 18.6 Å². The van der Waals surface area contributed by atoms with Crippen molar-refractivity contribution in [2.24, 2.45) is 0 Å². The average Bonchev–Trinajstić information content (AvgIpc) is 2.24. The number of methoxy groups -OCH3 is 1. The number of sulfone groups is 1. The molecule has 0 bridgehead atoms. The highest BCUT2D eigenvalue weighted by molar-refractivity contribution is 7.90. The first-order valence-corrected chi connectivity index (χ1v) is 7.09. The maximum absolute atomic E-state index is 13.5. The van der Waals surface area contributed by atoms with Gasteiger partial charge in [0, 0.05) is 17.9 Å². The number of hydrogen-bond acceptors (Lipinski definition) is 4. The molecule has 0 heterocycles. The number of rotatable bonds is 5. The van der Waals surface area contributed by atoms with Crippen molar-refractivity contribution in [1.82, 2.24) is 0 Å². The van der Waals surface area contributed by atoms with Gasteiger partial charge in [0.2, 0.25) is 0 Å². The van der Waals surface area contributed by atoms with Crippen molar-refractivity contribution in [3.63, 3.8) is 0 Å². The van der Waals surface area contributed by atoms with Crippen LogP contribution in [0.4, 0.5) is 4.39 Å². The van der Waals surface area contributed by atoms with Crippen LogP contribution < -0.4 is 4.74 Å². The lowest BCUT2D eigenvalue weighted by Crippen LogP contribution is -2.09. The Morgan fingerprint density at radius 1 is 1.47 bits per heavy atom. The first-order chi connectivity index (χ1) is 7.83. The normalized spacial score (nSPS) is 13.4. The quantitative estimate of drug-likeness (QED) is 0.868. The molecule has 4 nitrogen and oxygen atoms in total. The second kappa shape index (κ2) is 5.46. The summed E-state index contributed by atoms with van der Waals surface area (Å²) >= 11 is 0. The summed E-state index contributed by atoms with van der Waals surface area (Å²) in [4.78, 5) is 0. The Balaban J connectivity index is 2.79. The topological polar surface area (TPSA) is 63.6 Å². The van der Waals surface area contributed by atoms with Gasteiger partial charge in [0.05, 0.1) is 19.0 Å². The third kappa shape index (κ3) is 4.32. The standard InChI is InChI=1S/C11H15FO4S/c1-16-8-3-4-9(10(12)7-8)11(13)5-6-17(2,14)15/h3-4,7,11,13H,5-6H2,1-2H3. The van der Waals surface area contributed by atoms with E-state index in [9.17, 15) is 17.9 Å². The number of aliphatic hydroxyl groups is 1.